The van der Waals surface area contributed by atoms with E-state index in [4.69, 9.17) is 4.74 Å². The van der Waals surface area contributed by atoms with Crippen molar-refractivity contribution in [1.82, 2.24) is 10.2 Å². The fraction of sp³-hybridized carbons (Fsp3) is 0.286. The van der Waals surface area contributed by atoms with Gasteiger partial charge in [-0.3, -0.25) is 9.59 Å². The summed E-state index contributed by atoms with van der Waals surface area (Å²) in [5.74, 6) is -1.19. The smallest absolute Gasteiger partial charge is 0.261 e. The highest BCUT2D eigenvalue weighted by atomic mass is 19.1. The molecule has 0 spiro atoms. The maximum atomic E-state index is 14.0. The number of aryl methyl sites for hydroxylation is 1. The molecule has 0 aliphatic rings. The minimum atomic E-state index is -0.762. The van der Waals surface area contributed by atoms with Crippen LogP contribution in [0.3, 0.4) is 0 Å². The van der Waals surface area contributed by atoms with Crippen LogP contribution in [-0.2, 0) is 22.6 Å². The Bertz CT molecular complexity index is 1100. The Morgan fingerprint density at radius 3 is 2.29 bits per heavy atom. The highest BCUT2D eigenvalue weighted by Crippen LogP contribution is 2.18. The van der Waals surface area contributed by atoms with Gasteiger partial charge in [0.1, 0.15) is 6.04 Å². The molecule has 3 aromatic rings. The lowest BCUT2D eigenvalue weighted by atomic mass is 10.0. The molecule has 0 radical (unpaired) electrons. The number of carbonyl (C=O) groups is 2. The van der Waals surface area contributed by atoms with Gasteiger partial charge in [-0.15, -0.1) is 0 Å². The number of nitrogens with one attached hydrogen (secondary N) is 1. The minimum absolute atomic E-state index is 0.00223. The zero-order chi connectivity index (χ0) is 24.5. The minimum Gasteiger partial charge on any atom is -0.481 e. The van der Waals surface area contributed by atoms with Crippen molar-refractivity contribution >= 4 is 11.8 Å². The Morgan fingerprint density at radius 2 is 1.62 bits per heavy atom. The van der Waals surface area contributed by atoms with Crippen LogP contribution in [0.5, 0.6) is 5.75 Å². The van der Waals surface area contributed by atoms with E-state index in [0.717, 1.165) is 16.7 Å². The second-order valence-corrected chi connectivity index (χ2v) is 8.60. The summed E-state index contributed by atoms with van der Waals surface area (Å²) in [6.07, 6.45) is 0.344. The van der Waals surface area contributed by atoms with Crippen molar-refractivity contribution < 1.29 is 18.7 Å². The van der Waals surface area contributed by atoms with Crippen LogP contribution in [0.25, 0.3) is 0 Å². The number of para-hydroxylation sites is 1. The number of benzene rings is 3. The second kappa shape index (κ2) is 12.0. The molecule has 3 rings (SSSR count). The molecule has 34 heavy (non-hydrogen) atoms. The van der Waals surface area contributed by atoms with E-state index in [0.29, 0.717) is 6.42 Å². The highest BCUT2D eigenvalue weighted by molar-refractivity contribution is 5.88. The van der Waals surface area contributed by atoms with Gasteiger partial charge >= 0.3 is 0 Å². The average Bonchev–Trinajstić information content (AvgIpc) is 2.81. The second-order valence-electron chi connectivity index (χ2n) is 8.60. The molecule has 3 aromatic carbocycles. The predicted molar refractivity (Wildman–Crippen MR) is 131 cm³/mol. The first-order chi connectivity index (χ1) is 16.3. The molecule has 2 amide bonds. The first kappa shape index (κ1) is 25.0. The fourth-order valence-electron chi connectivity index (χ4n) is 3.73. The molecule has 0 bridgehead atoms. The normalized spacial score (nSPS) is 11.7. The van der Waals surface area contributed by atoms with E-state index in [-0.39, 0.29) is 30.9 Å². The molecule has 0 heterocycles. The van der Waals surface area contributed by atoms with Crippen LogP contribution in [0.4, 0.5) is 4.39 Å². The molecule has 0 fully saturated rings. The number of amides is 2. The van der Waals surface area contributed by atoms with Gasteiger partial charge in [0.05, 0.1) is 0 Å². The Kier molecular flexibility index (Phi) is 8.79. The summed E-state index contributed by atoms with van der Waals surface area (Å²) in [6.45, 7) is 5.58. The molecule has 0 aliphatic carbocycles. The van der Waals surface area contributed by atoms with Crippen molar-refractivity contribution in [2.24, 2.45) is 0 Å². The molecule has 5 nitrogen and oxygen atoms in total. The zero-order valence-electron chi connectivity index (χ0n) is 19.8. The van der Waals surface area contributed by atoms with Crippen LogP contribution < -0.4 is 10.1 Å². The molecule has 0 saturated heterocycles. The van der Waals surface area contributed by atoms with Crippen LogP contribution in [-0.4, -0.2) is 35.4 Å². The number of hydrogen-bond donors (Lipinski definition) is 1. The van der Waals surface area contributed by atoms with Crippen LogP contribution >= 0.6 is 0 Å². The van der Waals surface area contributed by atoms with E-state index in [2.05, 4.69) is 5.32 Å². The van der Waals surface area contributed by atoms with Gasteiger partial charge in [0.25, 0.3) is 5.91 Å². The van der Waals surface area contributed by atoms with Crippen molar-refractivity contribution in [3.63, 3.8) is 0 Å². The van der Waals surface area contributed by atoms with E-state index >= 15 is 0 Å². The van der Waals surface area contributed by atoms with Crippen molar-refractivity contribution in [1.29, 1.82) is 0 Å². The van der Waals surface area contributed by atoms with Crippen LogP contribution in [0.15, 0.2) is 78.9 Å². The first-order valence-corrected chi connectivity index (χ1v) is 11.4. The maximum Gasteiger partial charge on any atom is 0.261 e. The quantitative estimate of drug-likeness (QED) is 0.476. The summed E-state index contributed by atoms with van der Waals surface area (Å²) < 4.78 is 19.5. The molecular weight excluding hydrogens is 431 g/mol. The molecule has 0 aromatic heterocycles. The van der Waals surface area contributed by atoms with Crippen LogP contribution in [0, 0.1) is 12.7 Å². The molecule has 178 valence electrons. The standard InChI is InChI=1S/C28H31FN2O3/c1-20(2)30-28(33)25(17-22-11-5-4-6-12-22)31(18-23-13-9-10-21(3)16-23)27(32)19-34-26-15-8-7-14-24(26)29/h4-16,20,25H,17-19H2,1-3H3,(H,30,33)/t25-/m0/s1. The molecule has 6 heteroatoms. The van der Waals surface area contributed by atoms with Crippen molar-refractivity contribution in [3.05, 3.63) is 101 Å². The molecule has 1 atom stereocenters. The van der Waals surface area contributed by atoms with E-state index in [1.165, 1.54) is 17.0 Å². The maximum absolute atomic E-state index is 14.0. The summed E-state index contributed by atoms with van der Waals surface area (Å²) in [7, 11) is 0. The average molecular weight is 463 g/mol. The van der Waals surface area contributed by atoms with E-state index < -0.39 is 17.8 Å². The third kappa shape index (κ3) is 7.17. The van der Waals surface area contributed by atoms with Gasteiger partial charge in [-0.2, -0.15) is 0 Å². The Morgan fingerprint density at radius 1 is 0.941 bits per heavy atom. The number of nitrogens with zero attached hydrogens (tertiary/aromatic N) is 1. The van der Waals surface area contributed by atoms with Crippen molar-refractivity contribution in [2.75, 3.05) is 6.61 Å². The zero-order valence-corrected chi connectivity index (χ0v) is 19.8. The summed E-state index contributed by atoms with van der Waals surface area (Å²) in [5, 5.41) is 2.94. The number of halogens is 1. The molecular formula is C28H31FN2O3. The van der Waals surface area contributed by atoms with Crippen LogP contribution in [0.1, 0.15) is 30.5 Å². The molecule has 1 N–H and O–H groups in total. The summed E-state index contributed by atoms with van der Waals surface area (Å²) in [6, 6.07) is 22.5. The number of ether oxygens (including phenoxy) is 1. The molecule has 0 unspecified atom stereocenters. The monoisotopic (exact) mass is 462 g/mol. The lowest BCUT2D eigenvalue weighted by Crippen LogP contribution is -2.52. The fourth-order valence-corrected chi connectivity index (χ4v) is 3.73. The summed E-state index contributed by atoms with van der Waals surface area (Å²) >= 11 is 0. The van der Waals surface area contributed by atoms with Gasteiger partial charge in [0.15, 0.2) is 18.2 Å². The number of hydrogen-bond acceptors (Lipinski definition) is 3. The van der Waals surface area contributed by atoms with E-state index in [1.807, 2.05) is 75.4 Å². The van der Waals surface area contributed by atoms with Crippen molar-refractivity contribution in [2.45, 2.75) is 45.8 Å². The lowest BCUT2D eigenvalue weighted by molar-refractivity contribution is -0.143. The Hall–Kier alpha value is -3.67. The topological polar surface area (TPSA) is 58.6 Å². The van der Waals surface area contributed by atoms with Gasteiger partial charge in [-0.1, -0.05) is 72.3 Å². The third-order valence-corrected chi connectivity index (χ3v) is 5.33. The van der Waals surface area contributed by atoms with Crippen LogP contribution in [0.2, 0.25) is 0 Å². The highest BCUT2D eigenvalue weighted by Gasteiger charge is 2.31. The third-order valence-electron chi connectivity index (χ3n) is 5.33. The molecule has 0 saturated carbocycles. The predicted octanol–water partition coefficient (Wildman–Crippen LogP) is 4.68. The van der Waals surface area contributed by atoms with Gasteiger partial charge in [-0.25, -0.2) is 4.39 Å². The van der Waals surface area contributed by atoms with Gasteiger partial charge in [0, 0.05) is 19.0 Å². The van der Waals surface area contributed by atoms with Gasteiger partial charge in [0.2, 0.25) is 5.91 Å². The number of carbonyl (C=O) groups excluding carboxylic acids is 2. The first-order valence-electron chi connectivity index (χ1n) is 11.4. The van der Waals surface area contributed by atoms with Crippen molar-refractivity contribution in [3.8, 4) is 5.75 Å². The SMILES string of the molecule is Cc1cccc(CN(C(=O)COc2ccccc2F)[C@@H](Cc2ccccc2)C(=O)NC(C)C)c1. The van der Waals surface area contributed by atoms with Gasteiger partial charge < -0.3 is 15.0 Å². The lowest BCUT2D eigenvalue weighted by Gasteiger charge is -2.32. The Balaban J connectivity index is 1.92. The molecule has 0 aliphatic heterocycles. The van der Waals surface area contributed by atoms with E-state index in [1.54, 1.807) is 12.1 Å². The largest absolute Gasteiger partial charge is 0.481 e. The number of rotatable bonds is 10. The van der Waals surface area contributed by atoms with E-state index in [9.17, 15) is 14.0 Å². The Labute approximate surface area is 200 Å². The summed E-state index contributed by atoms with van der Waals surface area (Å²) in [4.78, 5) is 28.2. The summed E-state index contributed by atoms with van der Waals surface area (Å²) in [5.41, 5.74) is 2.89. The van der Waals surface area contributed by atoms with Gasteiger partial charge in [-0.05, 0) is 44.0 Å².